The second-order valence-corrected chi connectivity index (χ2v) is 4.02. The number of amides is 1. The average Bonchev–Trinajstić information content (AvgIpc) is 2.69. The van der Waals surface area contributed by atoms with Crippen molar-refractivity contribution in [1.82, 2.24) is 4.90 Å². The average molecular weight is 295 g/mol. The number of nitrogens with zero attached hydrogens (tertiary/aromatic N) is 1. The molecule has 0 saturated carbocycles. The Hall–Kier alpha value is -2.06. The minimum absolute atomic E-state index is 0.0709. The Bertz CT molecular complexity index is 457. The molecule has 1 amide bonds. The van der Waals surface area contributed by atoms with Crippen molar-refractivity contribution >= 4 is 17.7 Å². The van der Waals surface area contributed by atoms with E-state index in [1.54, 1.807) is 0 Å². The number of carboxylic acid groups (broad SMARTS) is 1. The molecular formula is C11H12F3NO5. The van der Waals surface area contributed by atoms with Crippen molar-refractivity contribution in [1.29, 1.82) is 0 Å². The molecule has 0 radical (unpaired) electrons. The lowest BCUT2D eigenvalue weighted by atomic mass is 10.1. The highest BCUT2D eigenvalue weighted by molar-refractivity contribution is 5.95. The highest BCUT2D eigenvalue weighted by Crippen LogP contribution is 2.25. The summed E-state index contributed by atoms with van der Waals surface area (Å²) in [6, 6.07) is 0. The number of allylic oxidation sites excluding steroid dienone is 1. The van der Waals surface area contributed by atoms with E-state index in [0.29, 0.717) is 0 Å². The lowest BCUT2D eigenvalue weighted by Crippen LogP contribution is -2.30. The lowest BCUT2D eigenvalue weighted by Gasteiger charge is -2.19. The molecule has 1 saturated heterocycles. The van der Waals surface area contributed by atoms with Gasteiger partial charge in [-0.15, -0.1) is 0 Å². The van der Waals surface area contributed by atoms with Crippen LogP contribution in [0.1, 0.15) is 13.3 Å². The summed E-state index contributed by atoms with van der Waals surface area (Å²) in [4.78, 5) is 34.0. The van der Waals surface area contributed by atoms with E-state index >= 15 is 0 Å². The summed E-state index contributed by atoms with van der Waals surface area (Å²) in [5.74, 6) is -5.73. The van der Waals surface area contributed by atoms with E-state index in [-0.39, 0.29) is 25.6 Å². The number of rotatable bonds is 5. The van der Waals surface area contributed by atoms with Gasteiger partial charge in [-0.3, -0.25) is 19.3 Å². The molecule has 9 heteroatoms. The Labute approximate surface area is 111 Å². The molecule has 1 fully saturated rings. The van der Waals surface area contributed by atoms with Gasteiger partial charge in [-0.2, -0.15) is 13.2 Å². The summed E-state index contributed by atoms with van der Waals surface area (Å²) >= 11 is 0. The number of halogens is 3. The molecule has 112 valence electrons. The smallest absolute Gasteiger partial charge is 0.454 e. The molecule has 0 aliphatic carbocycles. The summed E-state index contributed by atoms with van der Waals surface area (Å²) in [6.45, 7) is 1.06. The third kappa shape index (κ3) is 3.72. The van der Waals surface area contributed by atoms with Crippen LogP contribution in [-0.2, 0) is 19.1 Å². The fraction of sp³-hybridized carbons (Fsp3) is 0.545. The predicted molar refractivity (Wildman–Crippen MR) is 58.2 cm³/mol. The first-order valence-corrected chi connectivity index (χ1v) is 5.65. The van der Waals surface area contributed by atoms with Crippen LogP contribution in [0.15, 0.2) is 12.0 Å². The van der Waals surface area contributed by atoms with Crippen LogP contribution < -0.4 is 0 Å². The lowest BCUT2D eigenvalue weighted by molar-refractivity contribution is -0.165. The molecule has 20 heavy (non-hydrogen) atoms. The van der Waals surface area contributed by atoms with Crippen LogP contribution in [0.25, 0.3) is 0 Å². The minimum Gasteiger partial charge on any atom is -0.481 e. The van der Waals surface area contributed by atoms with Crippen molar-refractivity contribution in [2.24, 2.45) is 5.92 Å². The maximum Gasteiger partial charge on any atom is 0.454 e. The third-order valence-corrected chi connectivity index (χ3v) is 2.57. The number of alkyl halides is 3. The summed E-state index contributed by atoms with van der Waals surface area (Å²) < 4.78 is 41.4. The molecule has 0 aromatic carbocycles. The number of carbonyl (C=O) groups is 3. The molecule has 0 spiro atoms. The van der Waals surface area contributed by atoms with Crippen LogP contribution in [0, 0.1) is 5.92 Å². The van der Waals surface area contributed by atoms with Crippen LogP contribution in [0.4, 0.5) is 13.2 Å². The molecule has 1 aliphatic heterocycles. The summed E-state index contributed by atoms with van der Waals surface area (Å²) in [6.07, 6.45) is -5.27. The number of aliphatic carboxylic acids is 1. The van der Waals surface area contributed by atoms with Crippen LogP contribution in [0.2, 0.25) is 0 Å². The number of likely N-dealkylation sites (tertiary alicyclic amines) is 1. The number of hydrogen-bond donors (Lipinski definition) is 1. The van der Waals surface area contributed by atoms with Gasteiger partial charge in [0.15, 0.2) is 5.88 Å². The van der Waals surface area contributed by atoms with E-state index in [0.717, 1.165) is 4.90 Å². The first-order chi connectivity index (χ1) is 9.16. The molecule has 1 heterocycles. The summed E-state index contributed by atoms with van der Waals surface area (Å²) in [5.41, 5.74) is 0. The van der Waals surface area contributed by atoms with Crippen molar-refractivity contribution < 1.29 is 37.4 Å². The summed E-state index contributed by atoms with van der Waals surface area (Å²) in [5, 5.41) is 8.79. The molecule has 1 atom stereocenters. The first-order valence-electron chi connectivity index (χ1n) is 5.65. The highest BCUT2D eigenvalue weighted by Gasteiger charge is 2.40. The Kier molecular flexibility index (Phi) is 4.74. The molecule has 1 unspecified atom stereocenters. The van der Waals surface area contributed by atoms with Gasteiger partial charge in [-0.05, 0) is 6.92 Å². The fourth-order valence-corrected chi connectivity index (χ4v) is 1.63. The predicted octanol–water partition coefficient (Wildman–Crippen LogP) is 0.929. The maximum atomic E-state index is 12.2. The molecule has 1 rings (SSSR count). The van der Waals surface area contributed by atoms with E-state index < -0.39 is 35.6 Å². The summed E-state index contributed by atoms with van der Waals surface area (Å²) in [7, 11) is 0. The normalized spacial score (nSPS) is 20.2. The largest absolute Gasteiger partial charge is 0.481 e. The van der Waals surface area contributed by atoms with Gasteiger partial charge < -0.3 is 9.84 Å². The van der Waals surface area contributed by atoms with Gasteiger partial charge in [0.1, 0.15) is 0 Å². The Morgan fingerprint density at radius 2 is 2.10 bits per heavy atom. The number of carbonyl (C=O) groups excluding carboxylic acids is 2. The van der Waals surface area contributed by atoms with Gasteiger partial charge in [0, 0.05) is 13.0 Å². The van der Waals surface area contributed by atoms with Gasteiger partial charge in [-0.25, -0.2) is 0 Å². The number of ketones is 1. The SMILES string of the molecule is CCOC(=CC(=O)C(F)(F)F)N1CC(C(=O)O)CC1=O. The number of carboxylic acids is 1. The zero-order valence-electron chi connectivity index (χ0n) is 10.4. The minimum atomic E-state index is -5.09. The van der Waals surface area contributed by atoms with E-state index in [9.17, 15) is 27.6 Å². The Morgan fingerprint density at radius 3 is 2.50 bits per heavy atom. The Balaban J connectivity index is 2.97. The van der Waals surface area contributed by atoms with E-state index in [2.05, 4.69) is 0 Å². The van der Waals surface area contributed by atoms with Crippen LogP contribution in [0.5, 0.6) is 0 Å². The Morgan fingerprint density at radius 1 is 1.50 bits per heavy atom. The van der Waals surface area contributed by atoms with Crippen molar-refractivity contribution in [3.8, 4) is 0 Å². The zero-order valence-corrected chi connectivity index (χ0v) is 10.4. The van der Waals surface area contributed by atoms with Crippen LogP contribution >= 0.6 is 0 Å². The monoisotopic (exact) mass is 295 g/mol. The van der Waals surface area contributed by atoms with Crippen LogP contribution in [-0.4, -0.2) is 47.0 Å². The molecule has 1 N–H and O–H groups in total. The molecule has 6 nitrogen and oxygen atoms in total. The topological polar surface area (TPSA) is 83.9 Å². The molecular weight excluding hydrogens is 283 g/mol. The number of hydrogen-bond acceptors (Lipinski definition) is 4. The second kappa shape index (κ2) is 5.93. The van der Waals surface area contributed by atoms with Crippen molar-refractivity contribution in [2.45, 2.75) is 19.5 Å². The fourth-order valence-electron chi connectivity index (χ4n) is 1.63. The van der Waals surface area contributed by atoms with Crippen LogP contribution in [0.3, 0.4) is 0 Å². The number of ether oxygens (including phenoxy) is 1. The molecule has 0 bridgehead atoms. The standard InChI is InChI=1S/C11H12F3NO5/c1-2-20-9(4-7(16)11(12,13)14)15-5-6(10(18)19)3-8(15)17/h4,6H,2-3,5H2,1H3,(H,18,19). The van der Waals surface area contributed by atoms with E-state index in [4.69, 9.17) is 9.84 Å². The van der Waals surface area contributed by atoms with Gasteiger partial charge in [0.05, 0.1) is 18.6 Å². The van der Waals surface area contributed by atoms with Gasteiger partial charge in [0.25, 0.3) is 5.78 Å². The quantitative estimate of drug-likeness (QED) is 0.602. The van der Waals surface area contributed by atoms with Gasteiger partial charge in [-0.1, -0.05) is 0 Å². The zero-order chi connectivity index (χ0) is 15.5. The van der Waals surface area contributed by atoms with Crippen molar-refractivity contribution in [2.75, 3.05) is 13.2 Å². The van der Waals surface area contributed by atoms with Crippen molar-refractivity contribution in [3.05, 3.63) is 12.0 Å². The van der Waals surface area contributed by atoms with Crippen molar-refractivity contribution in [3.63, 3.8) is 0 Å². The van der Waals surface area contributed by atoms with E-state index in [1.165, 1.54) is 6.92 Å². The highest BCUT2D eigenvalue weighted by atomic mass is 19.4. The van der Waals surface area contributed by atoms with E-state index in [1.807, 2.05) is 0 Å². The second-order valence-electron chi connectivity index (χ2n) is 4.02. The molecule has 0 aromatic heterocycles. The van der Waals surface area contributed by atoms with Gasteiger partial charge in [0.2, 0.25) is 5.91 Å². The molecule has 1 aliphatic rings. The molecule has 0 aromatic rings. The third-order valence-electron chi connectivity index (χ3n) is 2.57. The first kappa shape index (κ1) is 16.0. The van der Waals surface area contributed by atoms with Gasteiger partial charge >= 0.3 is 12.1 Å². The maximum absolute atomic E-state index is 12.2.